The molecule has 0 N–H and O–H groups in total. The van der Waals surface area contributed by atoms with Crippen molar-refractivity contribution in [3.05, 3.63) is 59.0 Å². The molecule has 0 bridgehead atoms. The predicted octanol–water partition coefficient (Wildman–Crippen LogP) is 5.12. The lowest BCUT2D eigenvalue weighted by Crippen LogP contribution is -2.29. The molecule has 1 unspecified atom stereocenters. The second kappa shape index (κ2) is 8.33. The lowest BCUT2D eigenvalue weighted by molar-refractivity contribution is -0.113. The normalized spacial score (nSPS) is 21.4. The maximum atomic E-state index is 13.2. The van der Waals surface area contributed by atoms with Crippen LogP contribution in [0.2, 0.25) is 0 Å². The van der Waals surface area contributed by atoms with E-state index in [0.717, 1.165) is 29.2 Å². The summed E-state index contributed by atoms with van der Waals surface area (Å²) in [6.07, 6.45) is 2.84. The average molecular weight is 409 g/mol. The van der Waals surface area contributed by atoms with Crippen molar-refractivity contribution in [2.75, 3.05) is 11.5 Å². The van der Waals surface area contributed by atoms with Crippen molar-refractivity contribution in [2.24, 2.45) is 4.99 Å². The van der Waals surface area contributed by atoms with Gasteiger partial charge in [-0.05, 0) is 67.9 Å². The van der Waals surface area contributed by atoms with E-state index in [-0.39, 0.29) is 18.1 Å². The molecule has 0 radical (unpaired) electrons. The maximum absolute atomic E-state index is 13.2. The molecule has 1 atom stereocenters. The highest BCUT2D eigenvalue weighted by atomic mass is 32.2. The van der Waals surface area contributed by atoms with Gasteiger partial charge in [0.15, 0.2) is 16.7 Å². The predicted molar refractivity (Wildman–Crippen MR) is 119 cm³/mol. The number of para-hydroxylation sites is 1. The zero-order valence-corrected chi connectivity index (χ0v) is 17.6. The van der Waals surface area contributed by atoms with Crippen LogP contribution in [0.25, 0.3) is 6.08 Å². The van der Waals surface area contributed by atoms with Crippen LogP contribution < -0.4 is 14.4 Å². The zero-order valence-electron chi connectivity index (χ0n) is 16.8. The molecule has 1 saturated heterocycles. The van der Waals surface area contributed by atoms with Crippen LogP contribution in [0.3, 0.4) is 0 Å². The smallest absolute Gasteiger partial charge is 0.271 e. The van der Waals surface area contributed by atoms with Gasteiger partial charge in [-0.25, -0.2) is 0 Å². The third-order valence-electron chi connectivity index (χ3n) is 4.63. The largest absolute Gasteiger partial charge is 0.486 e. The van der Waals surface area contributed by atoms with Gasteiger partial charge in [-0.3, -0.25) is 14.7 Å². The molecule has 2 aromatic carbocycles. The standard InChI is InChI=1S/C23H24N2O3S/c1-4-18-14-27-19-11-10-16(12-20(19)28-18)13-21-22(26)25(17-8-6-5-7-9-17)23(29-21)24-15(2)3/h5-13,15,18H,4,14H2,1-3H3/b21-13-,24-23?. The lowest BCUT2D eigenvalue weighted by Gasteiger charge is -2.25. The summed E-state index contributed by atoms with van der Waals surface area (Å²) in [6, 6.07) is 15.5. The Morgan fingerprint density at radius 2 is 2.00 bits per heavy atom. The van der Waals surface area contributed by atoms with Gasteiger partial charge in [-0.15, -0.1) is 0 Å². The molecule has 29 heavy (non-hydrogen) atoms. The molecule has 2 aliphatic heterocycles. The Bertz CT molecular complexity index is 969. The highest BCUT2D eigenvalue weighted by Gasteiger charge is 2.34. The summed E-state index contributed by atoms with van der Waals surface area (Å²) in [5.74, 6) is 1.40. The Balaban J connectivity index is 1.67. The van der Waals surface area contributed by atoms with E-state index in [1.54, 1.807) is 4.90 Å². The molecular weight excluding hydrogens is 384 g/mol. The number of amidine groups is 1. The number of nitrogens with zero attached hydrogens (tertiary/aromatic N) is 2. The first-order valence-electron chi connectivity index (χ1n) is 9.85. The van der Waals surface area contributed by atoms with E-state index >= 15 is 0 Å². The van der Waals surface area contributed by atoms with Crippen molar-refractivity contribution in [3.63, 3.8) is 0 Å². The van der Waals surface area contributed by atoms with Crippen molar-refractivity contribution < 1.29 is 14.3 Å². The Hall–Kier alpha value is -2.73. The molecule has 1 fully saturated rings. The Morgan fingerprint density at radius 1 is 1.21 bits per heavy atom. The molecular formula is C23H24N2O3S. The van der Waals surface area contributed by atoms with Gasteiger partial charge in [0.25, 0.3) is 5.91 Å². The fraction of sp³-hybridized carbons (Fsp3) is 0.304. The molecule has 6 heteroatoms. The van der Waals surface area contributed by atoms with Crippen molar-refractivity contribution in [3.8, 4) is 11.5 Å². The SMILES string of the molecule is CCC1COc2ccc(/C=C3\SC(=NC(C)C)N(c4ccccc4)C3=O)cc2O1. The van der Waals surface area contributed by atoms with Crippen LogP contribution in [0.15, 0.2) is 58.4 Å². The van der Waals surface area contributed by atoms with Crippen LogP contribution in [0.4, 0.5) is 5.69 Å². The van der Waals surface area contributed by atoms with Crippen LogP contribution in [0.5, 0.6) is 11.5 Å². The van der Waals surface area contributed by atoms with Gasteiger partial charge in [-0.1, -0.05) is 31.2 Å². The molecule has 0 aromatic heterocycles. The van der Waals surface area contributed by atoms with E-state index in [4.69, 9.17) is 9.47 Å². The minimum atomic E-state index is -0.0677. The summed E-state index contributed by atoms with van der Waals surface area (Å²) in [4.78, 5) is 20.2. The van der Waals surface area contributed by atoms with Crippen molar-refractivity contribution in [2.45, 2.75) is 39.3 Å². The van der Waals surface area contributed by atoms with Crippen molar-refractivity contribution >= 4 is 34.6 Å². The van der Waals surface area contributed by atoms with Crippen LogP contribution in [0.1, 0.15) is 32.8 Å². The third-order valence-corrected chi connectivity index (χ3v) is 5.61. The summed E-state index contributed by atoms with van der Waals surface area (Å²) in [6.45, 7) is 6.66. The molecule has 1 amide bonds. The van der Waals surface area contributed by atoms with Crippen molar-refractivity contribution in [1.82, 2.24) is 0 Å². The number of carbonyl (C=O) groups is 1. The van der Waals surface area contributed by atoms with Gasteiger partial charge in [0.05, 0.1) is 10.6 Å². The average Bonchev–Trinajstić information content (AvgIpc) is 3.02. The van der Waals surface area contributed by atoms with Gasteiger partial charge < -0.3 is 9.47 Å². The van der Waals surface area contributed by atoms with Gasteiger partial charge in [0.1, 0.15) is 12.7 Å². The minimum Gasteiger partial charge on any atom is -0.486 e. The number of rotatable bonds is 4. The fourth-order valence-electron chi connectivity index (χ4n) is 3.16. The van der Waals surface area contributed by atoms with E-state index in [2.05, 4.69) is 11.9 Å². The number of anilines is 1. The number of aliphatic imine (C=N–C) groups is 1. The molecule has 2 aromatic rings. The Morgan fingerprint density at radius 3 is 2.72 bits per heavy atom. The lowest BCUT2D eigenvalue weighted by atomic mass is 10.1. The number of hydrogen-bond acceptors (Lipinski definition) is 5. The van der Waals surface area contributed by atoms with Crippen LogP contribution >= 0.6 is 11.8 Å². The van der Waals surface area contributed by atoms with Crippen LogP contribution in [-0.4, -0.2) is 29.8 Å². The molecule has 4 rings (SSSR count). The van der Waals surface area contributed by atoms with Crippen molar-refractivity contribution in [1.29, 1.82) is 0 Å². The third kappa shape index (κ3) is 4.17. The minimum absolute atomic E-state index is 0.0613. The van der Waals surface area contributed by atoms with Gasteiger partial charge in [0.2, 0.25) is 0 Å². The highest BCUT2D eigenvalue weighted by Crippen LogP contribution is 2.38. The van der Waals surface area contributed by atoms with E-state index < -0.39 is 0 Å². The number of amides is 1. The zero-order chi connectivity index (χ0) is 20.4. The number of carbonyl (C=O) groups excluding carboxylic acids is 1. The molecule has 5 nitrogen and oxygen atoms in total. The molecule has 150 valence electrons. The molecule has 0 saturated carbocycles. The van der Waals surface area contributed by atoms with Gasteiger partial charge >= 0.3 is 0 Å². The topological polar surface area (TPSA) is 51.1 Å². The highest BCUT2D eigenvalue weighted by molar-refractivity contribution is 8.19. The first-order chi connectivity index (χ1) is 14.0. The summed E-state index contributed by atoms with van der Waals surface area (Å²) in [7, 11) is 0. The van der Waals surface area contributed by atoms with Gasteiger partial charge in [-0.2, -0.15) is 0 Å². The number of thioether (sulfide) groups is 1. The monoisotopic (exact) mass is 408 g/mol. The quantitative estimate of drug-likeness (QED) is 0.659. The molecule has 0 aliphatic carbocycles. The van der Waals surface area contributed by atoms with E-state index in [1.807, 2.05) is 68.5 Å². The number of ether oxygens (including phenoxy) is 2. The number of benzene rings is 2. The summed E-state index contributed by atoms with van der Waals surface area (Å²) >= 11 is 1.40. The van der Waals surface area contributed by atoms with E-state index in [9.17, 15) is 4.79 Å². The van der Waals surface area contributed by atoms with E-state index in [1.165, 1.54) is 11.8 Å². The second-order valence-electron chi connectivity index (χ2n) is 7.26. The summed E-state index contributed by atoms with van der Waals surface area (Å²) in [5.41, 5.74) is 1.72. The van der Waals surface area contributed by atoms with Gasteiger partial charge in [0, 0.05) is 6.04 Å². The second-order valence-corrected chi connectivity index (χ2v) is 8.27. The maximum Gasteiger partial charge on any atom is 0.271 e. The first-order valence-corrected chi connectivity index (χ1v) is 10.7. The van der Waals surface area contributed by atoms with Crippen LogP contribution in [0, 0.1) is 0 Å². The molecule has 0 spiro atoms. The van der Waals surface area contributed by atoms with E-state index in [0.29, 0.717) is 16.7 Å². The number of hydrogen-bond donors (Lipinski definition) is 0. The van der Waals surface area contributed by atoms with Crippen LogP contribution in [-0.2, 0) is 4.79 Å². The Labute approximate surface area is 175 Å². The molecule has 2 heterocycles. The Kier molecular flexibility index (Phi) is 5.62. The summed E-state index contributed by atoms with van der Waals surface area (Å²) < 4.78 is 11.8. The fourth-order valence-corrected chi connectivity index (χ4v) is 4.27. The molecule has 2 aliphatic rings. The number of fused-ring (bicyclic) bond motifs is 1. The first kappa shape index (κ1) is 19.6. The summed E-state index contributed by atoms with van der Waals surface area (Å²) in [5, 5.41) is 0.700.